The summed E-state index contributed by atoms with van der Waals surface area (Å²) in [4.78, 5) is 13.7. The number of benzene rings is 2. The van der Waals surface area contributed by atoms with Crippen LogP contribution >= 0.6 is 23.5 Å². The molecule has 0 aliphatic heterocycles. The lowest BCUT2D eigenvalue weighted by atomic mass is 10.4. The summed E-state index contributed by atoms with van der Waals surface area (Å²) in [5.41, 5.74) is 5.48. The van der Waals surface area contributed by atoms with Gasteiger partial charge in [-0.3, -0.25) is 4.79 Å². The Balaban J connectivity index is 1.95. The third-order valence-electron chi connectivity index (χ3n) is 2.48. The van der Waals surface area contributed by atoms with Crippen LogP contribution in [0.15, 0.2) is 70.5 Å². The van der Waals surface area contributed by atoms with E-state index in [0.29, 0.717) is 5.75 Å². The summed E-state index contributed by atoms with van der Waals surface area (Å²) in [6.45, 7) is 0. The van der Waals surface area contributed by atoms with Crippen LogP contribution in [0.2, 0.25) is 0 Å². The maximum Gasteiger partial charge on any atom is 0.231 e. The molecule has 0 radical (unpaired) electrons. The highest BCUT2D eigenvalue weighted by molar-refractivity contribution is 8.04. The minimum Gasteiger partial charge on any atom is -0.369 e. The van der Waals surface area contributed by atoms with Gasteiger partial charge in [0.15, 0.2) is 0 Å². The second kappa shape index (κ2) is 7.26. The number of hydrogen-bond acceptors (Lipinski definition) is 3. The molecule has 0 spiro atoms. The Morgan fingerprint density at radius 2 is 1.47 bits per heavy atom. The van der Waals surface area contributed by atoms with E-state index in [4.69, 9.17) is 5.73 Å². The van der Waals surface area contributed by atoms with Crippen LogP contribution in [0, 0.1) is 0 Å². The number of amides is 1. The van der Waals surface area contributed by atoms with E-state index in [1.165, 1.54) is 11.8 Å². The molecule has 2 N–H and O–H groups in total. The van der Waals surface area contributed by atoms with E-state index in [-0.39, 0.29) is 11.2 Å². The molecule has 2 rings (SSSR count). The average Bonchev–Trinajstić information content (AvgIpc) is 2.45. The van der Waals surface area contributed by atoms with Gasteiger partial charge in [0.25, 0.3) is 0 Å². The molecule has 2 nitrogen and oxygen atoms in total. The Kier molecular flexibility index (Phi) is 5.36. The Hall–Kier alpha value is -1.39. The molecule has 0 bridgehead atoms. The molecular formula is C15H15NOS2. The number of carbonyl (C=O) groups excluding carboxylic acids is 1. The van der Waals surface area contributed by atoms with Crippen molar-refractivity contribution in [3.63, 3.8) is 0 Å². The van der Waals surface area contributed by atoms with Gasteiger partial charge in [0.1, 0.15) is 0 Å². The van der Waals surface area contributed by atoms with Gasteiger partial charge in [0, 0.05) is 15.5 Å². The molecule has 98 valence electrons. The fraction of sp³-hybridized carbons (Fsp3) is 0.133. The van der Waals surface area contributed by atoms with Gasteiger partial charge >= 0.3 is 0 Å². The Bertz CT molecular complexity index is 516. The number of thioether (sulfide) groups is 2. The zero-order valence-corrected chi connectivity index (χ0v) is 12.0. The molecule has 0 aliphatic carbocycles. The number of hydrogen-bond donors (Lipinski definition) is 1. The minimum atomic E-state index is -0.266. The largest absolute Gasteiger partial charge is 0.369 e. The van der Waals surface area contributed by atoms with Crippen LogP contribution in [-0.4, -0.2) is 16.9 Å². The molecule has 0 saturated carbocycles. The van der Waals surface area contributed by atoms with Crippen molar-refractivity contribution in [2.24, 2.45) is 5.73 Å². The van der Waals surface area contributed by atoms with Gasteiger partial charge in [-0.1, -0.05) is 36.4 Å². The fourth-order valence-electron chi connectivity index (χ4n) is 1.53. The van der Waals surface area contributed by atoms with Crippen LogP contribution in [0.4, 0.5) is 0 Å². The monoisotopic (exact) mass is 289 g/mol. The van der Waals surface area contributed by atoms with Crippen molar-refractivity contribution in [2.75, 3.05) is 5.75 Å². The molecule has 4 heteroatoms. The van der Waals surface area contributed by atoms with Gasteiger partial charge < -0.3 is 5.73 Å². The summed E-state index contributed by atoms with van der Waals surface area (Å²) < 4.78 is 0. The van der Waals surface area contributed by atoms with E-state index in [0.717, 1.165) is 9.79 Å². The summed E-state index contributed by atoms with van der Waals surface area (Å²) in [6.07, 6.45) is 0. The van der Waals surface area contributed by atoms with Crippen molar-refractivity contribution in [3.8, 4) is 0 Å². The van der Waals surface area contributed by atoms with E-state index in [9.17, 15) is 4.79 Å². The predicted molar refractivity (Wildman–Crippen MR) is 82.4 cm³/mol. The van der Waals surface area contributed by atoms with Crippen LogP contribution in [0.5, 0.6) is 0 Å². The van der Waals surface area contributed by atoms with Gasteiger partial charge in [-0.2, -0.15) is 0 Å². The number of primary amides is 1. The number of nitrogens with two attached hydrogens (primary N) is 1. The Labute approximate surface area is 121 Å². The van der Waals surface area contributed by atoms with Crippen LogP contribution in [0.25, 0.3) is 0 Å². The van der Waals surface area contributed by atoms with Crippen LogP contribution < -0.4 is 5.73 Å². The summed E-state index contributed by atoms with van der Waals surface area (Å²) in [5.74, 6) is 0.413. The SMILES string of the molecule is NC(=O)C(CSc1ccccc1)Sc1ccccc1. The molecule has 1 atom stereocenters. The quantitative estimate of drug-likeness (QED) is 0.829. The Morgan fingerprint density at radius 1 is 0.947 bits per heavy atom. The normalized spacial score (nSPS) is 12.0. The molecule has 0 fully saturated rings. The highest BCUT2D eigenvalue weighted by Crippen LogP contribution is 2.28. The molecule has 0 aliphatic rings. The first-order valence-electron chi connectivity index (χ1n) is 5.94. The van der Waals surface area contributed by atoms with Crippen molar-refractivity contribution in [2.45, 2.75) is 15.0 Å². The van der Waals surface area contributed by atoms with E-state index in [1.54, 1.807) is 11.8 Å². The third-order valence-corrected chi connectivity index (χ3v) is 5.03. The third kappa shape index (κ3) is 4.65. The minimum absolute atomic E-state index is 0.215. The number of rotatable bonds is 6. The summed E-state index contributed by atoms with van der Waals surface area (Å²) in [6, 6.07) is 19.9. The summed E-state index contributed by atoms with van der Waals surface area (Å²) in [7, 11) is 0. The highest BCUT2D eigenvalue weighted by atomic mass is 32.2. The second-order valence-electron chi connectivity index (χ2n) is 3.95. The van der Waals surface area contributed by atoms with Crippen LogP contribution in [0.3, 0.4) is 0 Å². The first-order valence-corrected chi connectivity index (χ1v) is 7.81. The van der Waals surface area contributed by atoms with Gasteiger partial charge in [-0.25, -0.2) is 0 Å². The van der Waals surface area contributed by atoms with Crippen molar-refractivity contribution in [1.82, 2.24) is 0 Å². The molecule has 0 saturated heterocycles. The highest BCUT2D eigenvalue weighted by Gasteiger charge is 2.17. The summed E-state index contributed by atoms with van der Waals surface area (Å²) >= 11 is 3.18. The van der Waals surface area contributed by atoms with Gasteiger partial charge in [-0.05, 0) is 24.3 Å². The van der Waals surface area contributed by atoms with E-state index < -0.39 is 0 Å². The predicted octanol–water partition coefficient (Wildman–Crippen LogP) is 3.42. The molecule has 19 heavy (non-hydrogen) atoms. The molecule has 0 heterocycles. The van der Waals surface area contributed by atoms with Crippen molar-refractivity contribution in [3.05, 3.63) is 60.7 Å². The molecule has 1 unspecified atom stereocenters. The zero-order valence-electron chi connectivity index (χ0n) is 10.4. The van der Waals surface area contributed by atoms with Crippen molar-refractivity contribution >= 4 is 29.4 Å². The molecule has 1 amide bonds. The van der Waals surface area contributed by atoms with Crippen LogP contribution in [-0.2, 0) is 4.79 Å². The van der Waals surface area contributed by atoms with Gasteiger partial charge in [-0.15, -0.1) is 23.5 Å². The Morgan fingerprint density at radius 3 is 2.00 bits per heavy atom. The lowest BCUT2D eigenvalue weighted by Crippen LogP contribution is -2.27. The van der Waals surface area contributed by atoms with Crippen molar-refractivity contribution in [1.29, 1.82) is 0 Å². The topological polar surface area (TPSA) is 43.1 Å². The first-order chi connectivity index (χ1) is 9.25. The van der Waals surface area contributed by atoms with Gasteiger partial charge in [0.2, 0.25) is 5.91 Å². The summed E-state index contributed by atoms with van der Waals surface area (Å²) in [5, 5.41) is -0.215. The second-order valence-corrected chi connectivity index (χ2v) is 6.32. The molecular weight excluding hydrogens is 274 g/mol. The first kappa shape index (κ1) is 14.0. The van der Waals surface area contributed by atoms with Crippen molar-refractivity contribution < 1.29 is 4.79 Å². The van der Waals surface area contributed by atoms with Crippen LogP contribution in [0.1, 0.15) is 0 Å². The zero-order chi connectivity index (χ0) is 13.5. The maximum absolute atomic E-state index is 11.5. The van der Waals surface area contributed by atoms with E-state index in [2.05, 4.69) is 0 Å². The molecule has 0 aromatic heterocycles. The lowest BCUT2D eigenvalue weighted by Gasteiger charge is -2.12. The van der Waals surface area contributed by atoms with E-state index in [1.807, 2.05) is 60.7 Å². The van der Waals surface area contributed by atoms with E-state index >= 15 is 0 Å². The average molecular weight is 289 g/mol. The number of carbonyl (C=O) groups is 1. The smallest absolute Gasteiger partial charge is 0.231 e. The lowest BCUT2D eigenvalue weighted by molar-refractivity contribution is -0.117. The maximum atomic E-state index is 11.5. The fourth-order valence-corrected chi connectivity index (χ4v) is 3.62. The standard InChI is InChI=1S/C15H15NOS2/c16-15(17)14(19-13-9-5-2-6-10-13)11-18-12-7-3-1-4-8-12/h1-10,14H,11H2,(H2,16,17). The van der Waals surface area contributed by atoms with Gasteiger partial charge in [0.05, 0.1) is 5.25 Å². The molecule has 2 aromatic carbocycles. The molecule has 2 aromatic rings.